The first-order valence-corrected chi connectivity index (χ1v) is 9.80. The lowest BCUT2D eigenvalue weighted by Gasteiger charge is -2.13. The molecule has 0 spiro atoms. The topological polar surface area (TPSA) is 56.3 Å². The summed E-state index contributed by atoms with van der Waals surface area (Å²) in [5.74, 6) is 1.51. The van der Waals surface area contributed by atoms with Gasteiger partial charge in [-0.2, -0.15) is 0 Å². The second-order valence-corrected chi connectivity index (χ2v) is 7.43. The van der Waals surface area contributed by atoms with Gasteiger partial charge in [0.05, 0.1) is 23.1 Å². The number of pyridine rings is 1. The van der Waals surface area contributed by atoms with Crippen LogP contribution in [0.1, 0.15) is 11.5 Å². The maximum Gasteiger partial charge on any atom is 0.223 e. The Kier molecular flexibility index (Phi) is 4.39. The van der Waals surface area contributed by atoms with E-state index in [-0.39, 0.29) is 5.92 Å². The molecule has 0 saturated carbocycles. The fourth-order valence-electron chi connectivity index (χ4n) is 3.10. The van der Waals surface area contributed by atoms with Crippen LogP contribution in [0.25, 0.3) is 10.2 Å². The quantitative estimate of drug-likeness (QED) is 0.465. The Balaban J connectivity index is 1.32. The van der Waals surface area contributed by atoms with Crippen LogP contribution in [-0.4, -0.2) is 16.6 Å². The van der Waals surface area contributed by atoms with Gasteiger partial charge in [-0.1, -0.05) is 29.5 Å². The molecule has 1 unspecified atom stereocenters. The number of rotatable bonds is 5. The lowest BCUT2D eigenvalue weighted by Crippen LogP contribution is -2.02. The van der Waals surface area contributed by atoms with Crippen molar-refractivity contribution in [2.24, 2.45) is 0 Å². The highest BCUT2D eigenvalue weighted by molar-refractivity contribution is 7.22. The molecule has 4 aromatic rings. The maximum atomic E-state index is 6.03. The molecule has 0 saturated heterocycles. The highest BCUT2D eigenvalue weighted by Crippen LogP contribution is 2.33. The molecule has 1 atom stereocenters. The first-order chi connectivity index (χ1) is 13.8. The lowest BCUT2D eigenvalue weighted by molar-refractivity contribution is 0.268. The van der Waals surface area contributed by atoms with E-state index >= 15 is 0 Å². The van der Waals surface area contributed by atoms with E-state index < -0.39 is 0 Å². The largest absolute Gasteiger partial charge is 0.501 e. The van der Waals surface area contributed by atoms with Gasteiger partial charge in [0, 0.05) is 23.4 Å². The second-order valence-electron chi connectivity index (χ2n) is 6.40. The van der Waals surface area contributed by atoms with Gasteiger partial charge in [0.15, 0.2) is 5.13 Å². The average Bonchev–Trinajstić information content (AvgIpc) is 3.39. The van der Waals surface area contributed by atoms with Crippen molar-refractivity contribution in [3.05, 3.63) is 84.8 Å². The molecule has 5 rings (SSSR count). The van der Waals surface area contributed by atoms with Gasteiger partial charge >= 0.3 is 0 Å². The van der Waals surface area contributed by atoms with Crippen molar-refractivity contribution in [2.75, 3.05) is 11.9 Å². The van der Waals surface area contributed by atoms with Gasteiger partial charge in [-0.3, -0.25) is 0 Å². The SMILES string of the molecule is C1=CC(c2cccnc2Oc2ccc(Nc3nc4ccccc4s3)cc2)CO1. The van der Waals surface area contributed by atoms with Crippen LogP contribution in [0.15, 0.2) is 79.2 Å². The molecule has 1 aliphatic heterocycles. The number of para-hydroxylation sites is 1. The fraction of sp³-hybridized carbons (Fsp3) is 0.0909. The van der Waals surface area contributed by atoms with Crippen molar-refractivity contribution in [1.82, 2.24) is 9.97 Å². The molecule has 1 aliphatic rings. The van der Waals surface area contributed by atoms with E-state index in [4.69, 9.17) is 9.47 Å². The monoisotopic (exact) mass is 387 g/mol. The third-order valence-electron chi connectivity index (χ3n) is 4.50. The van der Waals surface area contributed by atoms with E-state index in [1.807, 2.05) is 60.7 Å². The summed E-state index contributed by atoms with van der Waals surface area (Å²) in [6.07, 6.45) is 5.49. The summed E-state index contributed by atoms with van der Waals surface area (Å²) >= 11 is 1.63. The van der Waals surface area contributed by atoms with E-state index in [0.717, 1.165) is 32.3 Å². The summed E-state index contributed by atoms with van der Waals surface area (Å²) in [5, 5.41) is 4.22. The number of hydrogen-bond acceptors (Lipinski definition) is 6. The van der Waals surface area contributed by atoms with E-state index in [1.165, 1.54) is 0 Å². The third-order valence-corrected chi connectivity index (χ3v) is 5.45. The Morgan fingerprint density at radius 1 is 1.04 bits per heavy atom. The van der Waals surface area contributed by atoms with Crippen LogP contribution in [0.3, 0.4) is 0 Å². The van der Waals surface area contributed by atoms with Crippen molar-refractivity contribution in [3.63, 3.8) is 0 Å². The van der Waals surface area contributed by atoms with Gasteiger partial charge in [-0.25, -0.2) is 9.97 Å². The summed E-state index contributed by atoms with van der Waals surface area (Å²) in [5.41, 5.74) is 2.98. The van der Waals surface area contributed by atoms with Gasteiger partial charge in [0.25, 0.3) is 0 Å². The van der Waals surface area contributed by atoms with Crippen molar-refractivity contribution >= 4 is 32.4 Å². The molecule has 0 aliphatic carbocycles. The zero-order valence-electron chi connectivity index (χ0n) is 14.9. The Bertz CT molecular complexity index is 1100. The Hall–Kier alpha value is -3.38. The minimum atomic E-state index is 0.170. The van der Waals surface area contributed by atoms with E-state index in [2.05, 4.69) is 21.4 Å². The number of aromatic nitrogens is 2. The number of benzene rings is 2. The molecular formula is C22H17N3O2S. The molecule has 3 heterocycles. The normalized spacial score (nSPS) is 15.5. The van der Waals surface area contributed by atoms with E-state index in [9.17, 15) is 0 Å². The van der Waals surface area contributed by atoms with Crippen LogP contribution in [0.4, 0.5) is 10.8 Å². The van der Waals surface area contributed by atoms with Crippen molar-refractivity contribution < 1.29 is 9.47 Å². The van der Waals surface area contributed by atoms with Gasteiger partial charge in [0.2, 0.25) is 5.88 Å². The highest BCUT2D eigenvalue weighted by atomic mass is 32.1. The molecule has 0 bridgehead atoms. The Labute approximate surface area is 166 Å². The van der Waals surface area contributed by atoms with Crippen LogP contribution in [0, 0.1) is 0 Å². The number of fused-ring (bicyclic) bond motifs is 1. The summed E-state index contributed by atoms with van der Waals surface area (Å²) in [4.78, 5) is 9.00. The van der Waals surface area contributed by atoms with Gasteiger partial charge < -0.3 is 14.8 Å². The molecule has 28 heavy (non-hydrogen) atoms. The summed E-state index contributed by atoms with van der Waals surface area (Å²) < 4.78 is 12.5. The smallest absolute Gasteiger partial charge is 0.223 e. The fourth-order valence-corrected chi connectivity index (χ4v) is 3.98. The van der Waals surface area contributed by atoms with E-state index in [0.29, 0.717) is 12.5 Å². The molecule has 2 aromatic heterocycles. The standard InChI is InChI=1S/C22H17N3O2S/c1-2-6-20-19(5-1)25-22(28-20)24-16-7-9-17(10-8-16)27-21-18(4-3-12-23-21)15-11-13-26-14-15/h1-13,15H,14H2,(H,24,25). The van der Waals surface area contributed by atoms with Crippen LogP contribution >= 0.6 is 11.3 Å². The number of thiazole rings is 1. The van der Waals surface area contributed by atoms with Gasteiger partial charge in [-0.05, 0) is 48.5 Å². The summed E-state index contributed by atoms with van der Waals surface area (Å²) in [7, 11) is 0. The molecule has 1 N–H and O–H groups in total. The molecular weight excluding hydrogens is 370 g/mol. The van der Waals surface area contributed by atoms with Crippen LogP contribution < -0.4 is 10.1 Å². The van der Waals surface area contributed by atoms with Gasteiger partial charge in [-0.15, -0.1) is 0 Å². The first-order valence-electron chi connectivity index (χ1n) is 8.99. The zero-order valence-corrected chi connectivity index (χ0v) is 15.7. The van der Waals surface area contributed by atoms with Crippen molar-refractivity contribution in [3.8, 4) is 11.6 Å². The van der Waals surface area contributed by atoms with Gasteiger partial charge in [0.1, 0.15) is 5.75 Å². The number of nitrogens with zero attached hydrogens (tertiary/aromatic N) is 2. The molecule has 0 fully saturated rings. The lowest BCUT2D eigenvalue weighted by atomic mass is 10.0. The predicted molar refractivity (Wildman–Crippen MR) is 111 cm³/mol. The number of nitrogens with one attached hydrogen (secondary N) is 1. The zero-order chi connectivity index (χ0) is 18.8. The number of anilines is 2. The van der Waals surface area contributed by atoms with E-state index in [1.54, 1.807) is 23.8 Å². The van der Waals surface area contributed by atoms with Crippen LogP contribution in [0.5, 0.6) is 11.6 Å². The van der Waals surface area contributed by atoms with Crippen molar-refractivity contribution in [1.29, 1.82) is 0 Å². The summed E-state index contributed by atoms with van der Waals surface area (Å²) in [6, 6.07) is 19.9. The second kappa shape index (κ2) is 7.32. The number of hydrogen-bond donors (Lipinski definition) is 1. The Morgan fingerprint density at radius 3 is 2.75 bits per heavy atom. The molecule has 5 nitrogen and oxygen atoms in total. The average molecular weight is 387 g/mol. The highest BCUT2D eigenvalue weighted by Gasteiger charge is 2.18. The molecule has 6 heteroatoms. The molecule has 2 aromatic carbocycles. The number of ether oxygens (including phenoxy) is 2. The van der Waals surface area contributed by atoms with Crippen LogP contribution in [0.2, 0.25) is 0 Å². The maximum absolute atomic E-state index is 6.03. The predicted octanol–water partition coefficient (Wildman–Crippen LogP) is 5.85. The van der Waals surface area contributed by atoms with Crippen LogP contribution in [-0.2, 0) is 4.74 Å². The summed E-state index contributed by atoms with van der Waals surface area (Å²) in [6.45, 7) is 0.618. The first kappa shape index (κ1) is 16.8. The minimum absolute atomic E-state index is 0.170. The van der Waals surface area contributed by atoms with Crippen molar-refractivity contribution in [2.45, 2.75) is 5.92 Å². The molecule has 138 valence electrons. The Morgan fingerprint density at radius 2 is 1.93 bits per heavy atom. The third kappa shape index (κ3) is 3.42. The molecule has 0 radical (unpaired) electrons. The molecule has 0 amide bonds. The minimum Gasteiger partial charge on any atom is -0.501 e.